The summed E-state index contributed by atoms with van der Waals surface area (Å²) in [4.78, 5) is 11.8. The van der Waals surface area contributed by atoms with E-state index >= 15 is 0 Å². The second kappa shape index (κ2) is 6.02. The molecule has 0 fully saturated rings. The number of nitrogens with one attached hydrogen (secondary N) is 1. The molecule has 96 valence electrons. The molecule has 0 aromatic heterocycles. The molecule has 4 nitrogen and oxygen atoms in total. The van der Waals surface area contributed by atoms with Crippen molar-refractivity contribution < 1.29 is 9.90 Å². The summed E-state index contributed by atoms with van der Waals surface area (Å²) in [6.07, 6.45) is 1.48. The first kappa shape index (κ1) is 13.1. The van der Waals surface area contributed by atoms with E-state index < -0.39 is 0 Å². The van der Waals surface area contributed by atoms with Gasteiger partial charge in [0.25, 0.3) is 5.91 Å². The minimum absolute atomic E-state index is 0.178. The Morgan fingerprint density at radius 1 is 1.16 bits per heavy atom. The van der Waals surface area contributed by atoms with Crippen LogP contribution in [0, 0.1) is 0 Å². The summed E-state index contributed by atoms with van der Waals surface area (Å²) in [5.74, 6) is -0.196. The van der Waals surface area contributed by atoms with Gasteiger partial charge in [0.05, 0.1) is 16.8 Å². The third kappa shape index (κ3) is 3.56. The number of aromatic hydroxyl groups is 1. The number of hydrogen-bond donors (Lipinski definition) is 2. The molecule has 2 aromatic carbocycles. The molecule has 0 spiro atoms. The largest absolute Gasteiger partial charge is 0.508 e. The van der Waals surface area contributed by atoms with Crippen molar-refractivity contribution >= 4 is 23.7 Å². The Labute approximate surface area is 115 Å². The van der Waals surface area contributed by atoms with Gasteiger partial charge >= 0.3 is 0 Å². The van der Waals surface area contributed by atoms with Crippen molar-refractivity contribution in [3.05, 3.63) is 64.7 Å². The molecule has 0 aliphatic rings. The first-order valence-corrected chi connectivity index (χ1v) is 5.91. The van der Waals surface area contributed by atoms with E-state index in [1.165, 1.54) is 18.3 Å². The molecule has 1 amide bonds. The molecule has 2 aromatic rings. The van der Waals surface area contributed by atoms with Crippen LogP contribution in [0.2, 0.25) is 5.02 Å². The molecule has 0 saturated heterocycles. The third-order valence-corrected chi connectivity index (χ3v) is 2.72. The second-order valence-electron chi connectivity index (χ2n) is 3.77. The fourth-order valence-corrected chi connectivity index (χ4v) is 1.65. The molecular formula is C14H11ClN2O2. The maximum absolute atomic E-state index is 11.8. The van der Waals surface area contributed by atoms with E-state index in [-0.39, 0.29) is 11.7 Å². The zero-order valence-electron chi connectivity index (χ0n) is 9.88. The molecule has 0 bridgehead atoms. The zero-order chi connectivity index (χ0) is 13.7. The van der Waals surface area contributed by atoms with E-state index in [9.17, 15) is 4.79 Å². The Morgan fingerprint density at radius 2 is 1.84 bits per heavy atom. The van der Waals surface area contributed by atoms with E-state index in [1.54, 1.807) is 36.4 Å². The molecule has 0 aliphatic heterocycles. The minimum atomic E-state index is -0.374. The number of hydrogen-bond acceptors (Lipinski definition) is 3. The van der Waals surface area contributed by atoms with Gasteiger partial charge in [0, 0.05) is 0 Å². The highest BCUT2D eigenvalue weighted by Gasteiger charge is 2.07. The lowest BCUT2D eigenvalue weighted by molar-refractivity contribution is 0.0955. The van der Waals surface area contributed by atoms with Crippen LogP contribution in [0.25, 0.3) is 0 Å². The van der Waals surface area contributed by atoms with Crippen LogP contribution in [0.5, 0.6) is 5.75 Å². The molecule has 0 saturated carbocycles. The van der Waals surface area contributed by atoms with Crippen molar-refractivity contribution in [1.29, 1.82) is 0 Å². The number of phenolic OH excluding ortho intramolecular Hbond substituents is 1. The summed E-state index contributed by atoms with van der Waals surface area (Å²) >= 11 is 5.89. The number of nitrogens with zero attached hydrogens (tertiary/aromatic N) is 1. The fraction of sp³-hybridized carbons (Fsp3) is 0. The average Bonchev–Trinajstić information content (AvgIpc) is 2.41. The first-order chi connectivity index (χ1) is 9.16. The number of phenols is 1. The Kier molecular flexibility index (Phi) is 4.15. The van der Waals surface area contributed by atoms with E-state index in [2.05, 4.69) is 10.5 Å². The molecule has 2 N–H and O–H groups in total. The Balaban J connectivity index is 2.01. The molecule has 0 heterocycles. The van der Waals surface area contributed by atoms with Crippen LogP contribution in [0.3, 0.4) is 0 Å². The van der Waals surface area contributed by atoms with E-state index in [1.807, 2.05) is 0 Å². The van der Waals surface area contributed by atoms with Gasteiger partial charge < -0.3 is 5.11 Å². The molecule has 0 unspecified atom stereocenters. The first-order valence-electron chi connectivity index (χ1n) is 5.54. The zero-order valence-corrected chi connectivity index (χ0v) is 10.6. The van der Waals surface area contributed by atoms with Crippen LogP contribution >= 0.6 is 11.6 Å². The molecule has 5 heteroatoms. The lowest BCUT2D eigenvalue weighted by atomic mass is 10.2. The Morgan fingerprint density at radius 3 is 2.53 bits per heavy atom. The van der Waals surface area contributed by atoms with E-state index in [0.29, 0.717) is 10.6 Å². The Bertz CT molecular complexity index is 609. The van der Waals surface area contributed by atoms with Crippen LogP contribution in [0.15, 0.2) is 53.6 Å². The van der Waals surface area contributed by atoms with Gasteiger partial charge in [-0.2, -0.15) is 5.10 Å². The number of amides is 1. The maximum Gasteiger partial charge on any atom is 0.272 e. The van der Waals surface area contributed by atoms with Gasteiger partial charge in [-0.3, -0.25) is 4.79 Å². The van der Waals surface area contributed by atoms with Gasteiger partial charge in [-0.25, -0.2) is 5.43 Å². The van der Waals surface area contributed by atoms with Gasteiger partial charge in [-0.05, 0) is 42.0 Å². The highest BCUT2D eigenvalue weighted by Crippen LogP contribution is 2.14. The van der Waals surface area contributed by atoms with Crippen molar-refractivity contribution in [3.63, 3.8) is 0 Å². The van der Waals surface area contributed by atoms with Gasteiger partial charge in [0.1, 0.15) is 5.75 Å². The molecule has 0 atom stereocenters. The summed E-state index contributed by atoms with van der Waals surface area (Å²) in [6, 6.07) is 13.2. The van der Waals surface area contributed by atoms with Crippen molar-refractivity contribution in [2.45, 2.75) is 0 Å². The van der Waals surface area contributed by atoms with Gasteiger partial charge in [0.15, 0.2) is 0 Å². The highest BCUT2D eigenvalue weighted by atomic mass is 35.5. The fourth-order valence-electron chi connectivity index (χ4n) is 1.43. The van der Waals surface area contributed by atoms with Crippen LogP contribution in [0.4, 0.5) is 0 Å². The van der Waals surface area contributed by atoms with E-state index in [0.717, 1.165) is 5.56 Å². The van der Waals surface area contributed by atoms with Crippen LogP contribution < -0.4 is 5.43 Å². The standard InChI is InChI=1S/C14H11ClN2O2/c15-13-4-2-1-3-12(13)14(19)17-16-9-10-5-7-11(18)8-6-10/h1-9,18H,(H,17,19)/b16-9-. The van der Waals surface area contributed by atoms with Crippen molar-refractivity contribution in [2.24, 2.45) is 5.10 Å². The number of halogens is 1. The van der Waals surface area contributed by atoms with Crippen LogP contribution in [-0.4, -0.2) is 17.2 Å². The Hall–Kier alpha value is -2.33. The predicted octanol–water partition coefficient (Wildman–Crippen LogP) is 2.81. The van der Waals surface area contributed by atoms with Gasteiger partial charge in [-0.1, -0.05) is 23.7 Å². The molecule has 19 heavy (non-hydrogen) atoms. The number of hydrazone groups is 1. The van der Waals surface area contributed by atoms with Gasteiger partial charge in [0.2, 0.25) is 0 Å². The topological polar surface area (TPSA) is 61.7 Å². The summed E-state index contributed by atoms with van der Waals surface area (Å²) in [7, 11) is 0. The minimum Gasteiger partial charge on any atom is -0.508 e. The van der Waals surface area contributed by atoms with Gasteiger partial charge in [-0.15, -0.1) is 0 Å². The third-order valence-electron chi connectivity index (χ3n) is 2.39. The molecular weight excluding hydrogens is 264 g/mol. The predicted molar refractivity (Wildman–Crippen MR) is 74.6 cm³/mol. The quantitative estimate of drug-likeness (QED) is 0.668. The SMILES string of the molecule is O=C(N/N=C\c1ccc(O)cc1)c1ccccc1Cl. The molecule has 0 radical (unpaired) electrons. The summed E-state index contributed by atoms with van der Waals surface area (Å²) in [6.45, 7) is 0. The molecule has 2 rings (SSSR count). The molecule has 0 aliphatic carbocycles. The summed E-state index contributed by atoms with van der Waals surface area (Å²) in [5.41, 5.74) is 3.52. The van der Waals surface area contributed by atoms with Crippen molar-refractivity contribution in [3.8, 4) is 5.75 Å². The normalized spacial score (nSPS) is 10.6. The average molecular weight is 275 g/mol. The van der Waals surface area contributed by atoms with Crippen molar-refractivity contribution in [1.82, 2.24) is 5.43 Å². The maximum atomic E-state index is 11.8. The number of rotatable bonds is 3. The monoisotopic (exact) mass is 274 g/mol. The lowest BCUT2D eigenvalue weighted by Crippen LogP contribution is -2.17. The number of benzene rings is 2. The van der Waals surface area contributed by atoms with Crippen molar-refractivity contribution in [2.75, 3.05) is 0 Å². The van der Waals surface area contributed by atoms with Crippen LogP contribution in [0.1, 0.15) is 15.9 Å². The highest BCUT2D eigenvalue weighted by molar-refractivity contribution is 6.33. The number of carbonyl (C=O) groups excluding carboxylic acids is 1. The smallest absolute Gasteiger partial charge is 0.272 e. The lowest BCUT2D eigenvalue weighted by Gasteiger charge is -2.01. The summed E-state index contributed by atoms with van der Waals surface area (Å²) < 4.78 is 0. The van der Waals surface area contributed by atoms with Crippen LogP contribution in [-0.2, 0) is 0 Å². The van der Waals surface area contributed by atoms with E-state index in [4.69, 9.17) is 16.7 Å². The summed E-state index contributed by atoms with van der Waals surface area (Å²) in [5, 5.41) is 13.3. The second-order valence-corrected chi connectivity index (χ2v) is 4.18. The number of carbonyl (C=O) groups is 1.